The van der Waals surface area contributed by atoms with Gasteiger partial charge in [0.2, 0.25) is 0 Å². The van der Waals surface area contributed by atoms with Crippen LogP contribution in [0.3, 0.4) is 0 Å². The number of fused-ring (bicyclic) bond motifs is 5. The van der Waals surface area contributed by atoms with Crippen molar-refractivity contribution >= 4 is 0 Å². The summed E-state index contributed by atoms with van der Waals surface area (Å²) in [5.41, 5.74) is 2.89. The average Bonchev–Trinajstić information content (AvgIpc) is 2.82. The van der Waals surface area contributed by atoms with Gasteiger partial charge in [0, 0.05) is 0 Å². The first kappa shape index (κ1) is 14.3. The molecule has 0 heterocycles. The highest BCUT2D eigenvalue weighted by Gasteiger charge is 2.60. The lowest BCUT2D eigenvalue weighted by Gasteiger charge is -2.57. The highest BCUT2D eigenvalue weighted by molar-refractivity contribution is 5.42. The number of rotatable bonds is 1. The van der Waals surface area contributed by atoms with E-state index < -0.39 is 0 Å². The molecule has 1 aromatic rings. The number of aliphatic hydroxyl groups is 1. The first-order chi connectivity index (χ1) is 10.5. The summed E-state index contributed by atoms with van der Waals surface area (Å²) < 4.78 is 0. The average molecular weight is 298 g/mol. The lowest BCUT2D eigenvalue weighted by Crippen LogP contribution is -2.50. The fraction of sp³-hybridized carbons (Fsp3) is 0.600. The van der Waals surface area contributed by atoms with Gasteiger partial charge in [-0.05, 0) is 84.5 Å². The molecule has 4 rings (SSSR count). The van der Waals surface area contributed by atoms with E-state index in [4.69, 9.17) is 0 Å². The van der Waals surface area contributed by atoms with E-state index >= 15 is 0 Å². The van der Waals surface area contributed by atoms with Gasteiger partial charge in [0.1, 0.15) is 5.75 Å². The molecular formula is C20H26O2. The summed E-state index contributed by atoms with van der Waals surface area (Å²) in [4.78, 5) is 0. The zero-order chi connectivity index (χ0) is 15.5. The van der Waals surface area contributed by atoms with Crippen LogP contribution < -0.4 is 0 Å². The second-order valence-electron chi connectivity index (χ2n) is 7.94. The Hall–Kier alpha value is -1.28. The molecule has 0 radical (unpaired) electrons. The molecule has 0 spiro atoms. The van der Waals surface area contributed by atoms with Crippen molar-refractivity contribution < 1.29 is 10.2 Å². The Morgan fingerprint density at radius 3 is 2.82 bits per heavy atom. The molecule has 22 heavy (non-hydrogen) atoms. The standard InChI is InChI=1S/C20H26O2/c1-3-20-11-8-13-12-14(21)4-5-15(13)16(20)9-10-19(2)17(20)6-7-18(19)22/h3-5,12,16-18,21-22H,1,6-11H2,2H3/t16-,17-,18?,19+,20-/m1/s1. The number of allylic oxidation sites excluding steroid dienone is 1. The van der Waals surface area contributed by atoms with Crippen LogP contribution in [-0.4, -0.2) is 16.3 Å². The molecule has 118 valence electrons. The zero-order valence-electron chi connectivity index (χ0n) is 13.4. The minimum absolute atomic E-state index is 0.0547. The topological polar surface area (TPSA) is 40.5 Å². The van der Waals surface area contributed by atoms with Gasteiger partial charge >= 0.3 is 0 Å². The number of benzene rings is 1. The second kappa shape index (κ2) is 4.61. The Morgan fingerprint density at radius 2 is 2.05 bits per heavy atom. The van der Waals surface area contributed by atoms with Crippen LogP contribution in [0.15, 0.2) is 30.9 Å². The number of aromatic hydroxyl groups is 1. The maximum atomic E-state index is 10.5. The van der Waals surface area contributed by atoms with Crippen molar-refractivity contribution in [2.75, 3.05) is 0 Å². The van der Waals surface area contributed by atoms with Crippen molar-refractivity contribution in [3.8, 4) is 5.75 Å². The molecule has 0 amide bonds. The molecule has 1 unspecified atom stereocenters. The summed E-state index contributed by atoms with van der Waals surface area (Å²) >= 11 is 0. The first-order valence-corrected chi connectivity index (χ1v) is 8.65. The van der Waals surface area contributed by atoms with Gasteiger partial charge in [-0.25, -0.2) is 0 Å². The Morgan fingerprint density at radius 1 is 1.23 bits per heavy atom. The molecule has 3 aliphatic rings. The van der Waals surface area contributed by atoms with Crippen LogP contribution in [-0.2, 0) is 6.42 Å². The van der Waals surface area contributed by atoms with Crippen molar-refractivity contribution in [3.05, 3.63) is 42.0 Å². The van der Waals surface area contributed by atoms with Gasteiger partial charge < -0.3 is 10.2 Å². The van der Waals surface area contributed by atoms with Crippen LogP contribution in [0.2, 0.25) is 0 Å². The van der Waals surface area contributed by atoms with Crippen molar-refractivity contribution in [2.24, 2.45) is 16.7 Å². The van der Waals surface area contributed by atoms with Crippen LogP contribution in [0.4, 0.5) is 0 Å². The van der Waals surface area contributed by atoms with E-state index in [1.165, 1.54) is 11.1 Å². The molecule has 2 nitrogen and oxygen atoms in total. The lowest BCUT2D eigenvalue weighted by molar-refractivity contribution is -0.0528. The van der Waals surface area contributed by atoms with E-state index in [0.717, 1.165) is 38.5 Å². The second-order valence-corrected chi connectivity index (χ2v) is 7.94. The predicted molar refractivity (Wildman–Crippen MR) is 87.9 cm³/mol. The molecule has 0 aliphatic heterocycles. The third-order valence-corrected chi connectivity index (χ3v) is 7.26. The van der Waals surface area contributed by atoms with E-state index in [0.29, 0.717) is 17.6 Å². The summed E-state index contributed by atoms with van der Waals surface area (Å²) in [5, 5.41) is 20.3. The van der Waals surface area contributed by atoms with E-state index in [9.17, 15) is 10.2 Å². The molecule has 0 bridgehead atoms. The summed E-state index contributed by atoms with van der Waals surface area (Å²) in [6, 6.07) is 5.90. The van der Waals surface area contributed by atoms with Crippen LogP contribution >= 0.6 is 0 Å². The minimum Gasteiger partial charge on any atom is -0.508 e. The summed E-state index contributed by atoms with van der Waals surface area (Å²) in [7, 11) is 0. The zero-order valence-corrected chi connectivity index (χ0v) is 13.4. The normalized spacial score (nSPS) is 43.1. The molecular weight excluding hydrogens is 272 g/mol. The minimum atomic E-state index is -0.156. The van der Waals surface area contributed by atoms with Gasteiger partial charge in [-0.2, -0.15) is 0 Å². The lowest BCUT2D eigenvalue weighted by atomic mass is 9.47. The molecule has 2 heteroatoms. The highest BCUT2D eigenvalue weighted by atomic mass is 16.3. The van der Waals surface area contributed by atoms with Gasteiger partial charge in [0.25, 0.3) is 0 Å². The van der Waals surface area contributed by atoms with E-state index in [-0.39, 0.29) is 16.9 Å². The maximum absolute atomic E-state index is 10.5. The van der Waals surface area contributed by atoms with Crippen molar-refractivity contribution in [1.82, 2.24) is 0 Å². The van der Waals surface area contributed by atoms with Crippen molar-refractivity contribution in [1.29, 1.82) is 0 Å². The van der Waals surface area contributed by atoms with E-state index in [1.807, 2.05) is 12.1 Å². The molecule has 0 saturated heterocycles. The van der Waals surface area contributed by atoms with Crippen LogP contribution in [0.25, 0.3) is 0 Å². The number of aryl methyl sites for hydroxylation is 1. The first-order valence-electron chi connectivity index (χ1n) is 8.65. The number of hydrogen-bond acceptors (Lipinski definition) is 2. The number of hydrogen-bond donors (Lipinski definition) is 2. The van der Waals surface area contributed by atoms with E-state index in [1.54, 1.807) is 0 Å². The quantitative estimate of drug-likeness (QED) is 0.764. The maximum Gasteiger partial charge on any atom is 0.115 e. The number of phenols is 1. The monoisotopic (exact) mass is 298 g/mol. The fourth-order valence-electron chi connectivity index (χ4n) is 6.09. The molecule has 5 atom stereocenters. The molecule has 0 aromatic heterocycles. The van der Waals surface area contributed by atoms with Gasteiger partial charge in [-0.3, -0.25) is 0 Å². The SMILES string of the molecule is C=C[C@@]12CCc3cc(O)ccc3[C@H]1CC[C@]1(C)C(O)CC[C@@H]21. The van der Waals surface area contributed by atoms with Gasteiger partial charge in [-0.1, -0.05) is 19.1 Å². The number of phenolic OH excluding ortho intramolecular Hbond substituents is 1. The van der Waals surface area contributed by atoms with Gasteiger partial charge in [0.05, 0.1) is 6.10 Å². The molecule has 2 saturated carbocycles. The van der Waals surface area contributed by atoms with Crippen molar-refractivity contribution in [3.63, 3.8) is 0 Å². The molecule has 2 fully saturated rings. The fourth-order valence-corrected chi connectivity index (χ4v) is 6.09. The van der Waals surface area contributed by atoms with Crippen molar-refractivity contribution in [2.45, 2.75) is 57.5 Å². The Labute approximate surface area is 132 Å². The van der Waals surface area contributed by atoms with Crippen LogP contribution in [0, 0.1) is 16.7 Å². The molecule has 2 N–H and O–H groups in total. The summed E-state index contributed by atoms with van der Waals surface area (Å²) in [6.07, 6.45) is 8.44. The van der Waals surface area contributed by atoms with E-state index in [2.05, 4.69) is 25.6 Å². The Kier molecular flexibility index (Phi) is 3.00. The smallest absolute Gasteiger partial charge is 0.115 e. The van der Waals surface area contributed by atoms with Gasteiger partial charge in [-0.15, -0.1) is 6.58 Å². The third-order valence-electron chi connectivity index (χ3n) is 7.26. The predicted octanol–water partition coefficient (Wildman–Crippen LogP) is 4.17. The van der Waals surface area contributed by atoms with Crippen LogP contribution in [0.1, 0.15) is 56.1 Å². The number of aliphatic hydroxyl groups excluding tert-OH is 1. The summed E-state index contributed by atoms with van der Waals surface area (Å²) in [6.45, 7) is 6.53. The summed E-state index contributed by atoms with van der Waals surface area (Å²) in [5.74, 6) is 1.41. The molecule has 3 aliphatic carbocycles. The van der Waals surface area contributed by atoms with Crippen LogP contribution in [0.5, 0.6) is 5.75 Å². The Balaban J connectivity index is 1.83. The largest absolute Gasteiger partial charge is 0.508 e. The molecule has 1 aromatic carbocycles. The Bertz CT molecular complexity index is 622. The third kappa shape index (κ3) is 1.65. The van der Waals surface area contributed by atoms with Gasteiger partial charge in [0.15, 0.2) is 0 Å². The highest BCUT2D eigenvalue weighted by Crippen LogP contribution is 2.67.